The SMILES string of the molecule is Cc1ccc(COc2ccc(CNCCc3ccc(Cl)cc3)cc2)cc1.Cl. The summed E-state index contributed by atoms with van der Waals surface area (Å²) in [5.74, 6) is 0.899. The fourth-order valence-corrected chi connectivity index (χ4v) is 2.80. The molecular weight excluding hydrogens is 377 g/mol. The summed E-state index contributed by atoms with van der Waals surface area (Å²) < 4.78 is 5.85. The molecule has 0 fully saturated rings. The van der Waals surface area contributed by atoms with Gasteiger partial charge in [-0.15, -0.1) is 12.4 Å². The number of nitrogens with one attached hydrogen (secondary N) is 1. The third kappa shape index (κ3) is 7.26. The fourth-order valence-electron chi connectivity index (χ4n) is 2.67. The Kier molecular flexibility index (Phi) is 8.66. The monoisotopic (exact) mass is 401 g/mol. The topological polar surface area (TPSA) is 21.3 Å². The molecule has 0 aliphatic rings. The van der Waals surface area contributed by atoms with Crippen LogP contribution in [-0.2, 0) is 19.6 Å². The normalized spacial score (nSPS) is 10.3. The largest absolute Gasteiger partial charge is 0.489 e. The smallest absolute Gasteiger partial charge is 0.119 e. The quantitative estimate of drug-likeness (QED) is 0.468. The van der Waals surface area contributed by atoms with E-state index in [1.54, 1.807) is 0 Å². The van der Waals surface area contributed by atoms with Crippen molar-refractivity contribution in [3.8, 4) is 5.75 Å². The van der Waals surface area contributed by atoms with E-state index in [2.05, 4.69) is 60.8 Å². The van der Waals surface area contributed by atoms with Crippen LogP contribution in [0, 0.1) is 6.92 Å². The summed E-state index contributed by atoms with van der Waals surface area (Å²) in [6.07, 6.45) is 0.995. The molecule has 27 heavy (non-hydrogen) atoms. The molecule has 0 bridgehead atoms. The molecule has 0 amide bonds. The lowest BCUT2D eigenvalue weighted by molar-refractivity contribution is 0.306. The van der Waals surface area contributed by atoms with E-state index >= 15 is 0 Å². The van der Waals surface area contributed by atoms with Crippen LogP contribution >= 0.6 is 24.0 Å². The molecule has 3 aromatic carbocycles. The number of hydrogen-bond acceptors (Lipinski definition) is 2. The Bertz CT molecular complexity index is 799. The summed E-state index contributed by atoms with van der Waals surface area (Å²) in [5, 5.41) is 4.26. The Balaban J connectivity index is 0.00000261. The van der Waals surface area contributed by atoms with Crippen molar-refractivity contribution in [3.63, 3.8) is 0 Å². The van der Waals surface area contributed by atoms with Crippen LogP contribution in [0.1, 0.15) is 22.3 Å². The molecule has 0 radical (unpaired) electrons. The van der Waals surface area contributed by atoms with E-state index in [4.69, 9.17) is 16.3 Å². The van der Waals surface area contributed by atoms with Crippen LogP contribution in [-0.4, -0.2) is 6.54 Å². The molecule has 0 heterocycles. The minimum Gasteiger partial charge on any atom is -0.489 e. The van der Waals surface area contributed by atoms with Gasteiger partial charge in [-0.1, -0.05) is 65.7 Å². The van der Waals surface area contributed by atoms with Gasteiger partial charge >= 0.3 is 0 Å². The zero-order valence-corrected chi connectivity index (χ0v) is 17.0. The standard InChI is InChI=1S/C23H24ClNO.ClH/c1-18-2-4-21(5-3-18)17-26-23-12-8-20(9-13-23)16-25-15-14-19-6-10-22(24)11-7-19;/h2-13,25H,14-17H2,1H3;1H. The van der Waals surface area contributed by atoms with Gasteiger partial charge in [0.2, 0.25) is 0 Å². The van der Waals surface area contributed by atoms with Crippen molar-refractivity contribution in [2.45, 2.75) is 26.5 Å². The summed E-state index contributed by atoms with van der Waals surface area (Å²) in [4.78, 5) is 0. The third-order valence-electron chi connectivity index (χ3n) is 4.28. The Labute approximate surface area is 172 Å². The minimum atomic E-state index is 0. The van der Waals surface area contributed by atoms with Gasteiger partial charge in [0.05, 0.1) is 0 Å². The third-order valence-corrected chi connectivity index (χ3v) is 4.53. The van der Waals surface area contributed by atoms with Crippen molar-refractivity contribution in [1.82, 2.24) is 5.32 Å². The Hall–Kier alpha value is -2.00. The van der Waals surface area contributed by atoms with E-state index < -0.39 is 0 Å². The fraction of sp³-hybridized carbons (Fsp3) is 0.217. The highest BCUT2D eigenvalue weighted by atomic mass is 35.5. The van der Waals surface area contributed by atoms with Crippen molar-refractivity contribution in [2.75, 3.05) is 6.54 Å². The van der Waals surface area contributed by atoms with Crippen molar-refractivity contribution in [3.05, 3.63) is 100 Å². The molecule has 0 spiro atoms. The second kappa shape index (κ2) is 11.0. The average molecular weight is 402 g/mol. The van der Waals surface area contributed by atoms with E-state index in [0.717, 1.165) is 30.3 Å². The first-order valence-corrected chi connectivity index (χ1v) is 9.29. The molecule has 0 saturated carbocycles. The molecule has 0 atom stereocenters. The number of benzene rings is 3. The molecule has 0 unspecified atom stereocenters. The summed E-state index contributed by atoms with van der Waals surface area (Å²) in [7, 11) is 0. The maximum absolute atomic E-state index is 5.90. The Morgan fingerprint density at radius 2 is 1.37 bits per heavy atom. The highest BCUT2D eigenvalue weighted by Gasteiger charge is 1.99. The van der Waals surface area contributed by atoms with Crippen molar-refractivity contribution < 1.29 is 4.74 Å². The van der Waals surface area contributed by atoms with Crippen LogP contribution in [0.4, 0.5) is 0 Å². The van der Waals surface area contributed by atoms with Gasteiger partial charge in [0.15, 0.2) is 0 Å². The number of ether oxygens (including phenoxy) is 1. The van der Waals surface area contributed by atoms with Crippen molar-refractivity contribution in [2.24, 2.45) is 0 Å². The second-order valence-electron chi connectivity index (χ2n) is 6.47. The van der Waals surface area contributed by atoms with Crippen LogP contribution < -0.4 is 10.1 Å². The van der Waals surface area contributed by atoms with Gasteiger partial charge in [-0.3, -0.25) is 0 Å². The number of aryl methyl sites for hydroxylation is 1. The molecule has 3 aromatic rings. The minimum absolute atomic E-state index is 0. The van der Waals surface area contributed by atoms with E-state index in [9.17, 15) is 0 Å². The van der Waals surface area contributed by atoms with Gasteiger partial charge in [-0.2, -0.15) is 0 Å². The first-order chi connectivity index (χ1) is 12.7. The molecule has 0 aromatic heterocycles. The molecule has 0 aliphatic heterocycles. The molecule has 142 valence electrons. The summed E-state index contributed by atoms with van der Waals surface area (Å²) in [6, 6.07) is 24.7. The van der Waals surface area contributed by atoms with E-state index in [1.165, 1.54) is 22.3 Å². The van der Waals surface area contributed by atoms with Crippen LogP contribution in [0.5, 0.6) is 5.75 Å². The average Bonchev–Trinajstić information content (AvgIpc) is 2.67. The number of halogens is 2. The summed E-state index contributed by atoms with van der Waals surface area (Å²) in [6.45, 7) is 4.48. The van der Waals surface area contributed by atoms with Gasteiger partial charge in [0.25, 0.3) is 0 Å². The molecular formula is C23H25Cl2NO. The highest BCUT2D eigenvalue weighted by Crippen LogP contribution is 2.15. The Morgan fingerprint density at radius 3 is 2.04 bits per heavy atom. The summed E-state index contributed by atoms with van der Waals surface area (Å²) >= 11 is 5.90. The molecule has 0 aliphatic carbocycles. The maximum Gasteiger partial charge on any atom is 0.119 e. The number of hydrogen-bond donors (Lipinski definition) is 1. The predicted molar refractivity (Wildman–Crippen MR) is 116 cm³/mol. The lowest BCUT2D eigenvalue weighted by atomic mass is 10.1. The van der Waals surface area contributed by atoms with E-state index in [0.29, 0.717) is 6.61 Å². The van der Waals surface area contributed by atoms with Gasteiger partial charge in [-0.05, 0) is 60.8 Å². The van der Waals surface area contributed by atoms with Crippen LogP contribution in [0.3, 0.4) is 0 Å². The van der Waals surface area contributed by atoms with Crippen LogP contribution in [0.15, 0.2) is 72.8 Å². The van der Waals surface area contributed by atoms with E-state index in [-0.39, 0.29) is 12.4 Å². The number of rotatable bonds is 8. The first-order valence-electron chi connectivity index (χ1n) is 8.91. The van der Waals surface area contributed by atoms with Gasteiger partial charge in [0.1, 0.15) is 12.4 Å². The zero-order chi connectivity index (χ0) is 18.2. The predicted octanol–water partition coefficient (Wildman–Crippen LogP) is 5.98. The molecule has 1 N–H and O–H groups in total. The highest BCUT2D eigenvalue weighted by molar-refractivity contribution is 6.30. The van der Waals surface area contributed by atoms with Gasteiger partial charge < -0.3 is 10.1 Å². The zero-order valence-electron chi connectivity index (χ0n) is 15.5. The molecule has 3 rings (SSSR count). The lowest BCUT2D eigenvalue weighted by Crippen LogP contribution is -2.16. The van der Waals surface area contributed by atoms with Gasteiger partial charge in [0, 0.05) is 11.6 Å². The maximum atomic E-state index is 5.90. The van der Waals surface area contributed by atoms with Gasteiger partial charge in [-0.25, -0.2) is 0 Å². The molecule has 2 nitrogen and oxygen atoms in total. The molecule has 0 saturated heterocycles. The lowest BCUT2D eigenvalue weighted by Gasteiger charge is -2.09. The Morgan fingerprint density at radius 1 is 0.778 bits per heavy atom. The van der Waals surface area contributed by atoms with Crippen LogP contribution in [0.25, 0.3) is 0 Å². The molecule has 4 heteroatoms. The van der Waals surface area contributed by atoms with E-state index in [1.807, 2.05) is 24.3 Å². The van der Waals surface area contributed by atoms with Crippen LogP contribution in [0.2, 0.25) is 5.02 Å². The summed E-state index contributed by atoms with van der Waals surface area (Å²) in [5.41, 5.74) is 5.00. The van der Waals surface area contributed by atoms with Crippen molar-refractivity contribution >= 4 is 24.0 Å². The first kappa shape index (κ1) is 21.3. The van der Waals surface area contributed by atoms with Crippen molar-refractivity contribution in [1.29, 1.82) is 0 Å². The second-order valence-corrected chi connectivity index (χ2v) is 6.91.